The van der Waals surface area contributed by atoms with Crippen LogP contribution in [-0.4, -0.2) is 40.9 Å². The van der Waals surface area contributed by atoms with E-state index in [1.54, 1.807) is 27.7 Å². The van der Waals surface area contributed by atoms with E-state index in [2.05, 4.69) is 4.74 Å². The van der Waals surface area contributed by atoms with Gasteiger partial charge in [0, 0.05) is 5.82 Å². The summed E-state index contributed by atoms with van der Waals surface area (Å²) in [5.74, 6) is -3.20. The van der Waals surface area contributed by atoms with Gasteiger partial charge in [-0.1, -0.05) is 0 Å². The molecule has 1 aromatic carbocycles. The van der Waals surface area contributed by atoms with Gasteiger partial charge in [0.2, 0.25) is 0 Å². The number of phenolic OH excluding ortho intramolecular Hbond substituents is 1. The third-order valence-corrected chi connectivity index (χ3v) is 4.63. The molecule has 1 aliphatic heterocycles. The molecule has 2 rings (SSSR count). The summed E-state index contributed by atoms with van der Waals surface area (Å²) >= 11 is 0. The third-order valence-electron chi connectivity index (χ3n) is 4.63. The molecule has 10 heteroatoms. The number of hydrogen-bond acceptors (Lipinski definition) is 5. The van der Waals surface area contributed by atoms with Crippen LogP contribution >= 0.6 is 0 Å². The van der Waals surface area contributed by atoms with Crippen molar-refractivity contribution in [3.63, 3.8) is 0 Å². The Morgan fingerprint density at radius 3 is 2.23 bits per heavy atom. The van der Waals surface area contributed by atoms with Crippen molar-refractivity contribution in [1.29, 1.82) is 0 Å². The predicted molar refractivity (Wildman–Crippen MR) is 85.9 cm³/mol. The maximum Gasteiger partial charge on any atom is 0.573 e. The Balaban J connectivity index is 2.42. The fourth-order valence-electron chi connectivity index (χ4n) is 2.62. The van der Waals surface area contributed by atoms with Gasteiger partial charge in [0.1, 0.15) is 11.5 Å². The molecule has 1 unspecified atom stereocenters. The van der Waals surface area contributed by atoms with Crippen molar-refractivity contribution in [2.45, 2.75) is 57.5 Å². The van der Waals surface area contributed by atoms with E-state index >= 15 is 0 Å². The average Bonchev–Trinajstić information content (AvgIpc) is 2.65. The Hall–Kier alpha value is -1.94. The lowest BCUT2D eigenvalue weighted by Gasteiger charge is -2.32. The van der Waals surface area contributed by atoms with E-state index in [0.29, 0.717) is 0 Å². The summed E-state index contributed by atoms with van der Waals surface area (Å²) in [7, 11) is -1.07. The Labute approximate surface area is 149 Å². The Morgan fingerprint density at radius 2 is 1.77 bits per heavy atom. The van der Waals surface area contributed by atoms with Gasteiger partial charge in [0.05, 0.1) is 17.6 Å². The molecule has 1 heterocycles. The first-order valence-corrected chi connectivity index (χ1v) is 7.88. The van der Waals surface area contributed by atoms with Crippen molar-refractivity contribution >= 4 is 13.1 Å². The number of aromatic hydroxyl groups is 1. The summed E-state index contributed by atoms with van der Waals surface area (Å²) in [6.45, 7) is 7.03. The SMILES string of the molecule is CC1(C)OB(C(CC(=O)O)c2cc(OC(F)(F)F)ccc2O)OC1(C)C. The van der Waals surface area contributed by atoms with Crippen LogP contribution in [0.1, 0.15) is 45.5 Å². The molecule has 1 saturated heterocycles. The highest BCUT2D eigenvalue weighted by Gasteiger charge is 2.54. The van der Waals surface area contributed by atoms with E-state index in [-0.39, 0.29) is 11.3 Å². The molecule has 0 aliphatic carbocycles. The van der Waals surface area contributed by atoms with Crippen molar-refractivity contribution < 1.29 is 42.2 Å². The summed E-state index contributed by atoms with van der Waals surface area (Å²) < 4.78 is 52.9. The molecule has 2 N–H and O–H groups in total. The van der Waals surface area contributed by atoms with Gasteiger partial charge in [-0.2, -0.15) is 0 Å². The number of alkyl halides is 3. The van der Waals surface area contributed by atoms with Crippen LogP contribution in [0, 0.1) is 0 Å². The second-order valence-corrected chi connectivity index (χ2v) is 7.10. The predicted octanol–water partition coefficient (Wildman–Crippen LogP) is 3.48. The Bertz CT molecular complexity index is 673. The molecule has 0 bridgehead atoms. The van der Waals surface area contributed by atoms with Crippen LogP contribution in [0.25, 0.3) is 0 Å². The topological polar surface area (TPSA) is 85.2 Å². The van der Waals surface area contributed by atoms with E-state index in [9.17, 15) is 28.2 Å². The van der Waals surface area contributed by atoms with Crippen LogP contribution in [-0.2, 0) is 14.1 Å². The van der Waals surface area contributed by atoms with Gasteiger partial charge in [-0.25, -0.2) is 0 Å². The number of carboxylic acid groups (broad SMARTS) is 1. The normalized spacial score (nSPS) is 20.0. The van der Waals surface area contributed by atoms with E-state index in [4.69, 9.17) is 9.31 Å². The monoisotopic (exact) mass is 376 g/mol. The molecule has 0 saturated carbocycles. The quantitative estimate of drug-likeness (QED) is 0.766. The molecule has 6 nitrogen and oxygen atoms in total. The van der Waals surface area contributed by atoms with Crippen molar-refractivity contribution in [1.82, 2.24) is 0 Å². The van der Waals surface area contributed by atoms with E-state index in [0.717, 1.165) is 18.2 Å². The minimum Gasteiger partial charge on any atom is -0.508 e. The minimum atomic E-state index is -4.92. The smallest absolute Gasteiger partial charge is 0.508 e. The van der Waals surface area contributed by atoms with Crippen molar-refractivity contribution in [3.05, 3.63) is 23.8 Å². The van der Waals surface area contributed by atoms with Crippen molar-refractivity contribution in [2.24, 2.45) is 0 Å². The highest BCUT2D eigenvalue weighted by Crippen LogP contribution is 2.44. The largest absolute Gasteiger partial charge is 0.573 e. The second-order valence-electron chi connectivity index (χ2n) is 7.10. The summed E-state index contributed by atoms with van der Waals surface area (Å²) in [5, 5.41) is 19.3. The third kappa shape index (κ3) is 4.42. The average molecular weight is 376 g/mol. The van der Waals surface area contributed by atoms with Crippen LogP contribution in [0.15, 0.2) is 18.2 Å². The van der Waals surface area contributed by atoms with Gasteiger partial charge < -0.3 is 24.3 Å². The standard InChI is InChI=1S/C16H20BF3O6/c1-14(2)15(3,4)26-17(25-14)11(8-13(22)23)10-7-9(5-6-12(10)21)24-16(18,19)20/h5-7,11,21H,8H2,1-4H3,(H,22,23). The first-order chi connectivity index (χ1) is 11.7. The molecule has 0 spiro atoms. The Kier molecular flexibility index (Phi) is 5.22. The van der Waals surface area contributed by atoms with E-state index in [1.165, 1.54) is 0 Å². The highest BCUT2D eigenvalue weighted by atomic mass is 19.4. The summed E-state index contributed by atoms with van der Waals surface area (Å²) in [6.07, 6.45) is -5.43. The van der Waals surface area contributed by atoms with Crippen LogP contribution in [0.3, 0.4) is 0 Å². The molecular weight excluding hydrogens is 356 g/mol. The van der Waals surface area contributed by atoms with Gasteiger partial charge >= 0.3 is 19.5 Å². The van der Waals surface area contributed by atoms with Gasteiger partial charge in [0.15, 0.2) is 0 Å². The molecule has 1 aliphatic rings. The number of aliphatic carboxylic acids is 1. The number of carbonyl (C=O) groups is 1. The van der Waals surface area contributed by atoms with Crippen LogP contribution in [0.2, 0.25) is 0 Å². The molecule has 1 atom stereocenters. The van der Waals surface area contributed by atoms with Crippen molar-refractivity contribution in [2.75, 3.05) is 0 Å². The molecule has 26 heavy (non-hydrogen) atoms. The van der Waals surface area contributed by atoms with E-state index in [1.807, 2.05) is 0 Å². The number of phenols is 1. The fraction of sp³-hybridized carbons (Fsp3) is 0.562. The molecule has 1 aromatic rings. The van der Waals surface area contributed by atoms with Crippen LogP contribution in [0.5, 0.6) is 11.5 Å². The molecule has 0 radical (unpaired) electrons. The molecule has 0 aromatic heterocycles. The maximum atomic E-state index is 12.5. The van der Waals surface area contributed by atoms with Crippen molar-refractivity contribution in [3.8, 4) is 11.5 Å². The van der Waals surface area contributed by atoms with E-state index < -0.39 is 48.6 Å². The first-order valence-electron chi connectivity index (χ1n) is 7.88. The molecule has 1 fully saturated rings. The zero-order chi connectivity index (χ0) is 19.9. The minimum absolute atomic E-state index is 0.0624. The number of carboxylic acids is 1. The van der Waals surface area contributed by atoms with Gasteiger partial charge in [-0.15, -0.1) is 13.2 Å². The van der Waals surface area contributed by atoms with Crippen LogP contribution in [0.4, 0.5) is 13.2 Å². The second kappa shape index (κ2) is 6.66. The number of benzene rings is 1. The highest BCUT2D eigenvalue weighted by molar-refractivity contribution is 6.48. The van der Waals surface area contributed by atoms with Gasteiger partial charge in [-0.05, 0) is 51.5 Å². The van der Waals surface area contributed by atoms with Gasteiger partial charge in [-0.3, -0.25) is 4.79 Å². The fourth-order valence-corrected chi connectivity index (χ4v) is 2.62. The molecule has 144 valence electrons. The maximum absolute atomic E-state index is 12.5. The van der Waals surface area contributed by atoms with Gasteiger partial charge in [0.25, 0.3) is 0 Å². The molecule has 0 amide bonds. The lowest BCUT2D eigenvalue weighted by atomic mass is 9.66. The Morgan fingerprint density at radius 1 is 1.23 bits per heavy atom. The molecular formula is C16H20BF3O6. The zero-order valence-corrected chi connectivity index (χ0v) is 14.8. The first kappa shape index (κ1) is 20.4. The number of hydrogen-bond donors (Lipinski definition) is 2. The summed E-state index contributed by atoms with van der Waals surface area (Å²) in [4.78, 5) is 11.3. The number of rotatable bonds is 5. The lowest BCUT2D eigenvalue weighted by molar-refractivity contribution is -0.274. The number of halogens is 3. The lowest BCUT2D eigenvalue weighted by Crippen LogP contribution is -2.41. The summed E-state index contributed by atoms with van der Waals surface area (Å²) in [5.41, 5.74) is -1.61. The zero-order valence-electron chi connectivity index (χ0n) is 14.8. The summed E-state index contributed by atoms with van der Waals surface area (Å²) in [6, 6.07) is 2.90. The van der Waals surface area contributed by atoms with Crippen LogP contribution < -0.4 is 4.74 Å². The number of ether oxygens (including phenoxy) is 1.